The van der Waals surface area contributed by atoms with Crippen molar-refractivity contribution in [1.82, 2.24) is 0 Å². The third-order valence-corrected chi connectivity index (χ3v) is 2.99. The molecule has 114 valence electrons. The molecule has 0 unspecified atom stereocenters. The van der Waals surface area contributed by atoms with Crippen LogP contribution in [0.4, 0.5) is 26.3 Å². The lowest BCUT2D eigenvalue weighted by Gasteiger charge is -2.15. The second-order valence-corrected chi connectivity index (χ2v) is 4.41. The molecule has 0 N–H and O–H groups in total. The van der Waals surface area contributed by atoms with Crippen LogP contribution in [0.25, 0.3) is 11.1 Å². The van der Waals surface area contributed by atoms with Gasteiger partial charge in [-0.25, -0.2) is 0 Å². The van der Waals surface area contributed by atoms with E-state index in [0.29, 0.717) is 12.1 Å². The van der Waals surface area contributed by atoms with E-state index < -0.39 is 29.0 Å². The van der Waals surface area contributed by atoms with Gasteiger partial charge in [0.2, 0.25) is 0 Å². The Kier molecular flexibility index (Phi) is 3.88. The van der Waals surface area contributed by atoms with Crippen LogP contribution in [0.15, 0.2) is 42.5 Å². The molecule has 2 aromatic carbocycles. The SMILES string of the molecule is N#Cc1cccc(C(F)(F)F)c1-c1ccc(C(F)(F)F)cc1. The summed E-state index contributed by atoms with van der Waals surface area (Å²) in [5, 5.41) is 8.96. The Labute approximate surface area is 121 Å². The summed E-state index contributed by atoms with van der Waals surface area (Å²) in [6, 6.07) is 7.89. The van der Waals surface area contributed by atoms with Gasteiger partial charge in [-0.15, -0.1) is 0 Å². The van der Waals surface area contributed by atoms with E-state index in [1.165, 1.54) is 6.07 Å². The monoisotopic (exact) mass is 315 g/mol. The highest BCUT2D eigenvalue weighted by atomic mass is 19.4. The average molecular weight is 315 g/mol. The Morgan fingerprint density at radius 2 is 1.36 bits per heavy atom. The number of nitriles is 1. The predicted octanol–water partition coefficient (Wildman–Crippen LogP) is 5.26. The highest BCUT2D eigenvalue weighted by molar-refractivity contribution is 5.74. The van der Waals surface area contributed by atoms with Crippen LogP contribution in [0.3, 0.4) is 0 Å². The van der Waals surface area contributed by atoms with E-state index in [9.17, 15) is 26.3 Å². The standard InChI is InChI=1S/C15H7F6N/c16-14(17,18)11-6-4-9(5-7-11)13-10(8-22)2-1-3-12(13)15(19,20)21/h1-7H. The number of nitrogens with zero attached hydrogens (tertiary/aromatic N) is 1. The average Bonchev–Trinajstić information content (AvgIpc) is 2.44. The van der Waals surface area contributed by atoms with Crippen molar-refractivity contribution in [2.75, 3.05) is 0 Å². The van der Waals surface area contributed by atoms with Crippen molar-refractivity contribution >= 4 is 0 Å². The molecular formula is C15H7F6N. The number of alkyl halides is 6. The number of halogens is 6. The molecule has 0 amide bonds. The van der Waals surface area contributed by atoms with Crippen LogP contribution in [0.5, 0.6) is 0 Å². The molecule has 2 aromatic rings. The van der Waals surface area contributed by atoms with Gasteiger partial charge in [0.05, 0.1) is 22.8 Å². The first kappa shape index (κ1) is 15.9. The molecule has 0 aliphatic rings. The maximum atomic E-state index is 13.0. The van der Waals surface area contributed by atoms with Crippen molar-refractivity contribution in [2.24, 2.45) is 0 Å². The quantitative estimate of drug-likeness (QED) is 0.658. The van der Waals surface area contributed by atoms with Crippen molar-refractivity contribution in [3.8, 4) is 17.2 Å². The Bertz CT molecular complexity index is 720. The number of hydrogen-bond donors (Lipinski definition) is 0. The molecule has 2 rings (SSSR count). The predicted molar refractivity (Wildman–Crippen MR) is 66.6 cm³/mol. The van der Waals surface area contributed by atoms with Gasteiger partial charge < -0.3 is 0 Å². The van der Waals surface area contributed by atoms with E-state index in [4.69, 9.17) is 5.26 Å². The maximum Gasteiger partial charge on any atom is 0.417 e. The molecule has 0 spiro atoms. The number of hydrogen-bond acceptors (Lipinski definition) is 1. The third-order valence-electron chi connectivity index (χ3n) is 2.99. The molecule has 0 radical (unpaired) electrons. The van der Waals surface area contributed by atoms with Gasteiger partial charge in [0.15, 0.2) is 0 Å². The van der Waals surface area contributed by atoms with Gasteiger partial charge in [-0.3, -0.25) is 0 Å². The van der Waals surface area contributed by atoms with Gasteiger partial charge in [0.1, 0.15) is 0 Å². The first-order valence-corrected chi connectivity index (χ1v) is 5.92. The van der Waals surface area contributed by atoms with Gasteiger partial charge in [0.25, 0.3) is 0 Å². The zero-order valence-electron chi connectivity index (χ0n) is 10.8. The van der Waals surface area contributed by atoms with Crippen molar-refractivity contribution in [3.63, 3.8) is 0 Å². The van der Waals surface area contributed by atoms with Gasteiger partial charge in [-0.1, -0.05) is 18.2 Å². The smallest absolute Gasteiger partial charge is 0.192 e. The van der Waals surface area contributed by atoms with Gasteiger partial charge >= 0.3 is 12.4 Å². The summed E-state index contributed by atoms with van der Waals surface area (Å²) in [4.78, 5) is 0. The second kappa shape index (κ2) is 5.37. The van der Waals surface area contributed by atoms with Gasteiger partial charge in [-0.2, -0.15) is 31.6 Å². The lowest BCUT2D eigenvalue weighted by molar-refractivity contribution is -0.138. The number of rotatable bonds is 1. The molecule has 0 saturated carbocycles. The Hall–Kier alpha value is -2.49. The first-order valence-electron chi connectivity index (χ1n) is 5.92. The minimum Gasteiger partial charge on any atom is -0.192 e. The molecular weight excluding hydrogens is 308 g/mol. The lowest BCUT2D eigenvalue weighted by Crippen LogP contribution is -2.09. The molecule has 0 aromatic heterocycles. The van der Waals surface area contributed by atoms with Crippen LogP contribution in [0.1, 0.15) is 16.7 Å². The number of benzene rings is 2. The largest absolute Gasteiger partial charge is 0.417 e. The van der Waals surface area contributed by atoms with Crippen molar-refractivity contribution in [3.05, 3.63) is 59.2 Å². The molecule has 0 fully saturated rings. The van der Waals surface area contributed by atoms with Crippen LogP contribution < -0.4 is 0 Å². The summed E-state index contributed by atoms with van der Waals surface area (Å²) in [5.74, 6) is 0. The van der Waals surface area contributed by atoms with E-state index in [1.54, 1.807) is 6.07 Å². The molecule has 22 heavy (non-hydrogen) atoms. The summed E-state index contributed by atoms with van der Waals surface area (Å²) in [5.41, 5.74) is -2.82. The van der Waals surface area contributed by atoms with Crippen molar-refractivity contribution in [2.45, 2.75) is 12.4 Å². The van der Waals surface area contributed by atoms with E-state index in [0.717, 1.165) is 24.3 Å². The fourth-order valence-corrected chi connectivity index (χ4v) is 2.02. The topological polar surface area (TPSA) is 23.8 Å². The lowest BCUT2D eigenvalue weighted by atomic mass is 9.94. The normalized spacial score (nSPS) is 12.0. The summed E-state index contributed by atoms with van der Waals surface area (Å²) >= 11 is 0. The summed E-state index contributed by atoms with van der Waals surface area (Å²) < 4.78 is 76.6. The van der Waals surface area contributed by atoms with Crippen LogP contribution in [-0.2, 0) is 12.4 Å². The highest BCUT2D eigenvalue weighted by Crippen LogP contribution is 2.39. The minimum absolute atomic E-state index is 0.0996. The molecule has 7 heteroatoms. The van der Waals surface area contributed by atoms with Gasteiger partial charge in [0, 0.05) is 5.56 Å². The summed E-state index contributed by atoms with van der Waals surface area (Å²) in [7, 11) is 0. The van der Waals surface area contributed by atoms with E-state index in [-0.39, 0.29) is 11.1 Å². The van der Waals surface area contributed by atoms with Crippen LogP contribution in [0.2, 0.25) is 0 Å². The molecule has 0 aliphatic heterocycles. The molecule has 0 atom stereocenters. The Morgan fingerprint density at radius 1 is 0.773 bits per heavy atom. The summed E-state index contributed by atoms with van der Waals surface area (Å²) in [6.07, 6.45) is -9.30. The molecule has 0 bridgehead atoms. The van der Waals surface area contributed by atoms with E-state index in [1.807, 2.05) is 0 Å². The fourth-order valence-electron chi connectivity index (χ4n) is 2.02. The third kappa shape index (κ3) is 3.06. The fraction of sp³-hybridized carbons (Fsp3) is 0.133. The molecule has 0 saturated heterocycles. The second-order valence-electron chi connectivity index (χ2n) is 4.41. The molecule has 1 nitrogen and oxygen atoms in total. The van der Waals surface area contributed by atoms with Crippen LogP contribution >= 0.6 is 0 Å². The zero-order chi connectivity index (χ0) is 16.5. The Morgan fingerprint density at radius 3 is 1.82 bits per heavy atom. The molecule has 0 heterocycles. The first-order chi connectivity index (χ1) is 10.1. The van der Waals surface area contributed by atoms with E-state index >= 15 is 0 Å². The van der Waals surface area contributed by atoms with E-state index in [2.05, 4.69) is 0 Å². The van der Waals surface area contributed by atoms with Crippen LogP contribution in [0, 0.1) is 11.3 Å². The summed E-state index contributed by atoms with van der Waals surface area (Å²) in [6.45, 7) is 0. The van der Waals surface area contributed by atoms with Crippen LogP contribution in [-0.4, -0.2) is 0 Å². The van der Waals surface area contributed by atoms with Gasteiger partial charge in [-0.05, 0) is 29.8 Å². The Balaban J connectivity index is 2.64. The van der Waals surface area contributed by atoms with Crippen molar-refractivity contribution in [1.29, 1.82) is 5.26 Å². The van der Waals surface area contributed by atoms with Crippen molar-refractivity contribution < 1.29 is 26.3 Å². The maximum absolute atomic E-state index is 13.0. The zero-order valence-corrected chi connectivity index (χ0v) is 10.8. The minimum atomic E-state index is -4.72. The molecule has 0 aliphatic carbocycles. The highest BCUT2D eigenvalue weighted by Gasteiger charge is 2.35.